The zero-order valence-corrected chi connectivity index (χ0v) is 11.7. The highest BCUT2D eigenvalue weighted by molar-refractivity contribution is 5.74. The van der Waals surface area contributed by atoms with E-state index in [0.717, 1.165) is 17.4 Å². The fraction of sp³-hybridized carbons (Fsp3) is 0.583. The highest BCUT2D eigenvalue weighted by atomic mass is 16.2. The largest absolute Gasteiger partial charge is 0.359 e. The van der Waals surface area contributed by atoms with Gasteiger partial charge in [0.25, 0.3) is 5.56 Å². The van der Waals surface area contributed by atoms with E-state index in [9.17, 15) is 9.59 Å². The minimum absolute atomic E-state index is 0.313. The fourth-order valence-corrected chi connectivity index (χ4v) is 2.17. The third-order valence-corrected chi connectivity index (χ3v) is 3.32. The summed E-state index contributed by atoms with van der Waals surface area (Å²) in [5.74, 6) is 0.572. The molecule has 2 rings (SSSR count). The van der Waals surface area contributed by atoms with Gasteiger partial charge in [0.1, 0.15) is 0 Å². The summed E-state index contributed by atoms with van der Waals surface area (Å²) in [5.41, 5.74) is 0.270. The van der Waals surface area contributed by atoms with Crippen LogP contribution in [-0.2, 0) is 20.6 Å². The summed E-state index contributed by atoms with van der Waals surface area (Å²) in [7, 11) is 5.00. The van der Waals surface area contributed by atoms with Gasteiger partial charge < -0.3 is 9.88 Å². The van der Waals surface area contributed by atoms with E-state index in [1.807, 2.05) is 0 Å². The van der Waals surface area contributed by atoms with Crippen LogP contribution in [0.25, 0.3) is 11.2 Å². The molecule has 0 amide bonds. The molecule has 2 aromatic heterocycles. The molecule has 0 aromatic carbocycles. The van der Waals surface area contributed by atoms with Gasteiger partial charge in [-0.15, -0.1) is 0 Å². The smallest absolute Gasteiger partial charge is 0.332 e. The predicted octanol–water partition coefficient (Wildman–Crippen LogP) is 0.275. The molecule has 0 aliphatic heterocycles. The molecule has 7 heteroatoms. The van der Waals surface area contributed by atoms with E-state index in [0.29, 0.717) is 23.7 Å². The Morgan fingerprint density at radius 1 is 1.21 bits per heavy atom. The lowest BCUT2D eigenvalue weighted by molar-refractivity contribution is 0.583. The molecule has 0 radical (unpaired) electrons. The number of hydrogen-bond donors (Lipinski definition) is 1. The van der Waals surface area contributed by atoms with Gasteiger partial charge in [-0.3, -0.25) is 13.9 Å². The zero-order valence-electron chi connectivity index (χ0n) is 11.7. The molecule has 7 nitrogen and oxygen atoms in total. The van der Waals surface area contributed by atoms with Gasteiger partial charge in [-0.2, -0.15) is 4.98 Å². The van der Waals surface area contributed by atoms with Crippen LogP contribution >= 0.6 is 0 Å². The lowest BCUT2D eigenvalue weighted by Crippen LogP contribution is -2.38. The van der Waals surface area contributed by atoms with Crippen molar-refractivity contribution in [2.24, 2.45) is 14.1 Å². The number of nitrogens with one attached hydrogen (secondary N) is 1. The third-order valence-electron chi connectivity index (χ3n) is 3.32. The molecule has 1 N–H and O–H groups in total. The summed E-state index contributed by atoms with van der Waals surface area (Å²) >= 11 is 0. The normalized spacial score (nSPS) is 11.2. The lowest BCUT2D eigenvalue weighted by Gasteiger charge is -2.08. The minimum atomic E-state index is -0.316. The molecule has 2 aromatic rings. The third kappa shape index (κ3) is 1.94. The van der Waals surface area contributed by atoms with Crippen LogP contribution in [0.15, 0.2) is 9.59 Å². The number of anilines is 1. The van der Waals surface area contributed by atoms with Crippen molar-refractivity contribution >= 4 is 17.1 Å². The van der Waals surface area contributed by atoms with Gasteiger partial charge >= 0.3 is 5.69 Å². The van der Waals surface area contributed by atoms with Crippen LogP contribution < -0.4 is 16.6 Å². The second-order valence-corrected chi connectivity index (χ2v) is 4.57. The maximum absolute atomic E-state index is 12.2. The van der Waals surface area contributed by atoms with Gasteiger partial charge in [0, 0.05) is 27.7 Å². The summed E-state index contributed by atoms with van der Waals surface area (Å²) in [6.45, 7) is 2.63. The van der Waals surface area contributed by atoms with Crippen LogP contribution in [-0.4, -0.2) is 25.7 Å². The average Bonchev–Trinajstić information content (AvgIpc) is 2.73. The van der Waals surface area contributed by atoms with Crippen LogP contribution in [0.1, 0.15) is 19.8 Å². The minimum Gasteiger partial charge on any atom is -0.359 e. The molecule has 0 aliphatic carbocycles. The number of hydrogen-bond acceptors (Lipinski definition) is 4. The quantitative estimate of drug-likeness (QED) is 0.861. The Kier molecular flexibility index (Phi) is 3.46. The van der Waals surface area contributed by atoms with Gasteiger partial charge in [0.2, 0.25) is 5.95 Å². The van der Waals surface area contributed by atoms with Crippen molar-refractivity contribution in [3.8, 4) is 0 Å². The molecule has 2 heterocycles. The monoisotopic (exact) mass is 265 g/mol. The number of rotatable bonds is 4. The molecule has 0 saturated carbocycles. The predicted molar refractivity (Wildman–Crippen MR) is 74.7 cm³/mol. The molecule has 104 valence electrons. The van der Waals surface area contributed by atoms with E-state index in [2.05, 4.69) is 17.2 Å². The van der Waals surface area contributed by atoms with Crippen LogP contribution in [0.5, 0.6) is 0 Å². The molecular weight excluding hydrogens is 246 g/mol. The van der Waals surface area contributed by atoms with Gasteiger partial charge in [0.15, 0.2) is 11.2 Å². The fourth-order valence-electron chi connectivity index (χ4n) is 2.17. The maximum Gasteiger partial charge on any atom is 0.332 e. The molecule has 0 aliphatic rings. The van der Waals surface area contributed by atoms with E-state index in [4.69, 9.17) is 0 Å². The Hall–Kier alpha value is -2.05. The number of fused-ring (bicyclic) bond motifs is 1. The van der Waals surface area contributed by atoms with E-state index in [1.165, 1.54) is 7.05 Å². The second kappa shape index (κ2) is 4.91. The average molecular weight is 265 g/mol. The standard InChI is InChI=1S/C12H19N5O2/c1-5-6-7-17-9-8(10(18)16(4)12(17)19)15(3)11(13-2)14-9/h5-7H2,1-4H3,(H,13,14). The van der Waals surface area contributed by atoms with Crippen molar-refractivity contribution in [3.05, 3.63) is 20.8 Å². The van der Waals surface area contributed by atoms with Crippen molar-refractivity contribution in [3.63, 3.8) is 0 Å². The Labute approximate surface area is 110 Å². The van der Waals surface area contributed by atoms with E-state index >= 15 is 0 Å². The number of imidazole rings is 1. The van der Waals surface area contributed by atoms with Crippen LogP contribution in [0, 0.1) is 0 Å². The summed E-state index contributed by atoms with van der Waals surface area (Å²) in [6.07, 6.45) is 1.85. The lowest BCUT2D eigenvalue weighted by atomic mass is 10.3. The summed E-state index contributed by atoms with van der Waals surface area (Å²) in [5, 5.41) is 2.92. The van der Waals surface area contributed by atoms with Crippen molar-refractivity contribution in [2.45, 2.75) is 26.3 Å². The molecule has 19 heavy (non-hydrogen) atoms. The van der Waals surface area contributed by atoms with Crippen molar-refractivity contribution in [2.75, 3.05) is 12.4 Å². The van der Waals surface area contributed by atoms with Crippen LogP contribution in [0.2, 0.25) is 0 Å². The van der Waals surface area contributed by atoms with Crippen LogP contribution in [0.4, 0.5) is 5.95 Å². The number of unbranched alkanes of at least 4 members (excludes halogenated alkanes) is 1. The molecular formula is C12H19N5O2. The van der Waals surface area contributed by atoms with Gasteiger partial charge in [0.05, 0.1) is 0 Å². The maximum atomic E-state index is 12.2. The highest BCUT2D eigenvalue weighted by Gasteiger charge is 2.17. The van der Waals surface area contributed by atoms with E-state index in [1.54, 1.807) is 23.2 Å². The van der Waals surface area contributed by atoms with E-state index in [-0.39, 0.29) is 11.2 Å². The SMILES string of the molecule is CCCCn1c(=O)n(C)c(=O)c2c1nc(NC)n2C. The van der Waals surface area contributed by atoms with Crippen molar-refractivity contribution in [1.29, 1.82) is 0 Å². The molecule has 0 unspecified atom stereocenters. The first-order valence-electron chi connectivity index (χ1n) is 6.36. The molecule has 0 bridgehead atoms. The van der Waals surface area contributed by atoms with Crippen molar-refractivity contribution < 1.29 is 0 Å². The Morgan fingerprint density at radius 3 is 2.47 bits per heavy atom. The van der Waals surface area contributed by atoms with Crippen LogP contribution in [0.3, 0.4) is 0 Å². The van der Waals surface area contributed by atoms with Gasteiger partial charge in [-0.25, -0.2) is 4.79 Å². The van der Waals surface area contributed by atoms with E-state index < -0.39 is 0 Å². The number of aromatic nitrogens is 4. The Morgan fingerprint density at radius 2 is 1.89 bits per heavy atom. The highest BCUT2D eigenvalue weighted by Crippen LogP contribution is 2.13. The molecule has 0 spiro atoms. The number of nitrogens with zero attached hydrogens (tertiary/aromatic N) is 4. The number of aryl methyl sites for hydroxylation is 2. The summed E-state index contributed by atoms with van der Waals surface area (Å²) in [4.78, 5) is 28.7. The molecule has 0 fully saturated rings. The first-order chi connectivity index (χ1) is 9.02. The van der Waals surface area contributed by atoms with Gasteiger partial charge in [-0.05, 0) is 6.42 Å². The molecule has 0 saturated heterocycles. The van der Waals surface area contributed by atoms with Gasteiger partial charge in [-0.1, -0.05) is 13.3 Å². The Bertz CT molecular complexity index is 722. The first kappa shape index (κ1) is 13.4. The topological polar surface area (TPSA) is 73.8 Å². The second-order valence-electron chi connectivity index (χ2n) is 4.57. The summed E-state index contributed by atoms with van der Waals surface area (Å²) < 4.78 is 4.39. The first-order valence-corrected chi connectivity index (χ1v) is 6.36. The molecule has 0 atom stereocenters. The zero-order chi connectivity index (χ0) is 14.2. The summed E-state index contributed by atoms with van der Waals surface area (Å²) in [6, 6.07) is 0. The van der Waals surface area contributed by atoms with Crippen molar-refractivity contribution in [1.82, 2.24) is 18.7 Å². The Balaban J connectivity index is 2.87.